The van der Waals surface area contributed by atoms with Crippen LogP contribution in [0.15, 0.2) is 42.5 Å². The van der Waals surface area contributed by atoms with Gasteiger partial charge in [-0.1, -0.05) is 32.0 Å². The average molecular weight is 414 g/mol. The number of halogens is 4. The number of carboxylic acid groups (broad SMARTS) is 1. The summed E-state index contributed by atoms with van der Waals surface area (Å²) in [6.45, 7) is 2.39. The van der Waals surface area contributed by atoms with E-state index in [-0.39, 0.29) is 22.3 Å². The monoisotopic (exact) mass is 414 g/mol. The van der Waals surface area contributed by atoms with Crippen molar-refractivity contribution in [2.24, 2.45) is 0 Å². The summed E-state index contributed by atoms with van der Waals surface area (Å²) in [6.07, 6.45) is -6.59. The van der Waals surface area contributed by atoms with E-state index < -0.39 is 48.4 Å². The number of aliphatic hydroxyl groups is 2. The van der Waals surface area contributed by atoms with Crippen molar-refractivity contribution in [2.45, 2.75) is 50.5 Å². The van der Waals surface area contributed by atoms with Crippen molar-refractivity contribution in [3.63, 3.8) is 0 Å². The number of aromatic carboxylic acids is 1. The predicted molar refractivity (Wildman–Crippen MR) is 98.1 cm³/mol. The van der Waals surface area contributed by atoms with Crippen LogP contribution in [0.3, 0.4) is 0 Å². The molecule has 4 nitrogen and oxygen atoms in total. The number of hydrogen-bond donors (Lipinski definition) is 3. The molecular formula is C21H22F4O4. The maximum atomic E-state index is 13.8. The number of benzene rings is 2. The zero-order valence-electron chi connectivity index (χ0n) is 15.9. The third-order valence-corrected chi connectivity index (χ3v) is 4.93. The first-order valence-corrected chi connectivity index (χ1v) is 8.80. The van der Waals surface area contributed by atoms with Crippen LogP contribution >= 0.6 is 0 Å². The Morgan fingerprint density at radius 3 is 2.10 bits per heavy atom. The summed E-state index contributed by atoms with van der Waals surface area (Å²) in [5, 5.41) is 29.0. The summed E-state index contributed by atoms with van der Waals surface area (Å²) < 4.78 is 55.2. The molecular weight excluding hydrogens is 392 g/mol. The van der Waals surface area contributed by atoms with Gasteiger partial charge in [-0.2, -0.15) is 13.2 Å². The summed E-state index contributed by atoms with van der Waals surface area (Å²) in [4.78, 5) is 10.9. The van der Waals surface area contributed by atoms with E-state index in [1.807, 2.05) is 0 Å². The van der Waals surface area contributed by atoms with Crippen LogP contribution in [-0.2, 0) is 18.4 Å². The second-order valence-corrected chi connectivity index (χ2v) is 7.73. The highest BCUT2D eigenvalue weighted by Crippen LogP contribution is 2.43. The van der Waals surface area contributed by atoms with Crippen molar-refractivity contribution < 1.29 is 37.7 Å². The molecule has 0 radical (unpaired) electrons. The number of alkyl halides is 3. The predicted octanol–water partition coefficient (Wildman–Crippen LogP) is 4.22. The fourth-order valence-electron chi connectivity index (χ4n) is 3.51. The van der Waals surface area contributed by atoms with E-state index >= 15 is 0 Å². The second kappa shape index (κ2) is 8.12. The summed E-state index contributed by atoms with van der Waals surface area (Å²) in [5.41, 5.74) is -4.02. The van der Waals surface area contributed by atoms with Crippen molar-refractivity contribution in [2.75, 3.05) is 0 Å². The van der Waals surface area contributed by atoms with Gasteiger partial charge in [0.25, 0.3) is 0 Å². The van der Waals surface area contributed by atoms with Gasteiger partial charge in [-0.05, 0) is 52.8 Å². The molecule has 2 rings (SSSR count). The zero-order valence-corrected chi connectivity index (χ0v) is 15.9. The highest BCUT2D eigenvalue weighted by molar-refractivity contribution is 5.87. The summed E-state index contributed by atoms with van der Waals surface area (Å²) in [6, 6.07) is 8.22. The zero-order chi connectivity index (χ0) is 22.0. The Hall–Kier alpha value is -2.45. The average Bonchev–Trinajstić information content (AvgIpc) is 2.60. The standard InChI is InChI=1S/C21H22F4O4/c1-19(2,17-9-16(22)8-7-15(17)11-26)12-20(29,21(23,24)25)10-13-3-5-14(6-4-13)18(27)28/h3-9,26,29H,10-12H2,1-2H3,(H,27,28). The molecule has 2 aromatic carbocycles. The lowest BCUT2D eigenvalue weighted by Gasteiger charge is -2.38. The Bertz CT molecular complexity index is 875. The normalized spacial score (nSPS) is 14.5. The maximum Gasteiger partial charge on any atom is 0.417 e. The molecule has 0 fully saturated rings. The Balaban J connectivity index is 2.41. The molecule has 158 valence electrons. The minimum Gasteiger partial charge on any atom is -0.478 e. The third-order valence-electron chi connectivity index (χ3n) is 4.93. The third kappa shape index (κ3) is 5.13. The first-order valence-electron chi connectivity index (χ1n) is 8.80. The van der Waals surface area contributed by atoms with Gasteiger partial charge in [0.1, 0.15) is 5.82 Å². The molecule has 0 amide bonds. The molecule has 0 aliphatic rings. The van der Waals surface area contributed by atoms with Gasteiger partial charge >= 0.3 is 12.1 Å². The summed E-state index contributed by atoms with van der Waals surface area (Å²) in [7, 11) is 0. The molecule has 2 aromatic rings. The lowest BCUT2D eigenvalue weighted by Crippen LogP contribution is -2.51. The highest BCUT2D eigenvalue weighted by atomic mass is 19.4. The molecule has 8 heteroatoms. The van der Waals surface area contributed by atoms with E-state index in [1.54, 1.807) is 0 Å². The van der Waals surface area contributed by atoms with Crippen molar-refractivity contribution in [1.82, 2.24) is 0 Å². The number of hydrogen-bond acceptors (Lipinski definition) is 3. The van der Waals surface area contributed by atoms with Crippen molar-refractivity contribution >= 4 is 5.97 Å². The summed E-state index contributed by atoms with van der Waals surface area (Å²) in [5.74, 6) is -1.88. The molecule has 0 heterocycles. The van der Waals surface area contributed by atoms with Gasteiger partial charge in [-0.25, -0.2) is 9.18 Å². The van der Waals surface area contributed by atoms with Gasteiger partial charge in [-0.3, -0.25) is 0 Å². The highest BCUT2D eigenvalue weighted by Gasteiger charge is 2.55. The molecule has 0 bridgehead atoms. The minimum atomic E-state index is -5.00. The lowest BCUT2D eigenvalue weighted by molar-refractivity contribution is -0.266. The van der Waals surface area contributed by atoms with Crippen LogP contribution in [0.4, 0.5) is 17.6 Å². The number of carbonyl (C=O) groups is 1. The summed E-state index contributed by atoms with van der Waals surface area (Å²) >= 11 is 0. The molecule has 0 aliphatic heterocycles. The van der Waals surface area contributed by atoms with Gasteiger partial charge in [0.05, 0.1) is 12.2 Å². The van der Waals surface area contributed by atoms with Crippen LogP contribution in [0.2, 0.25) is 0 Å². The molecule has 3 N–H and O–H groups in total. The van der Waals surface area contributed by atoms with Crippen LogP contribution in [0, 0.1) is 5.82 Å². The first-order chi connectivity index (χ1) is 13.3. The Morgan fingerprint density at radius 1 is 1.03 bits per heavy atom. The Morgan fingerprint density at radius 2 is 1.62 bits per heavy atom. The van der Waals surface area contributed by atoms with Gasteiger partial charge in [0.15, 0.2) is 5.60 Å². The molecule has 29 heavy (non-hydrogen) atoms. The van der Waals surface area contributed by atoms with E-state index in [0.717, 1.165) is 24.3 Å². The van der Waals surface area contributed by atoms with Crippen LogP contribution in [0.1, 0.15) is 47.3 Å². The van der Waals surface area contributed by atoms with Crippen LogP contribution in [0.25, 0.3) is 0 Å². The molecule has 1 atom stereocenters. The van der Waals surface area contributed by atoms with Crippen molar-refractivity contribution in [3.8, 4) is 0 Å². The second-order valence-electron chi connectivity index (χ2n) is 7.73. The SMILES string of the molecule is CC(C)(CC(O)(Cc1ccc(C(=O)O)cc1)C(F)(F)F)c1cc(F)ccc1CO. The quantitative estimate of drug-likeness (QED) is 0.593. The number of carboxylic acids is 1. The van der Waals surface area contributed by atoms with E-state index in [4.69, 9.17) is 5.11 Å². The van der Waals surface area contributed by atoms with Crippen molar-refractivity contribution in [3.05, 3.63) is 70.5 Å². The van der Waals surface area contributed by atoms with Crippen LogP contribution in [-0.4, -0.2) is 33.1 Å². The van der Waals surface area contributed by atoms with E-state index in [1.165, 1.54) is 32.0 Å². The van der Waals surface area contributed by atoms with Crippen LogP contribution in [0.5, 0.6) is 0 Å². The number of aliphatic hydroxyl groups excluding tert-OH is 1. The Kier molecular flexibility index (Phi) is 6.39. The molecule has 0 aliphatic carbocycles. The van der Waals surface area contributed by atoms with E-state index in [0.29, 0.717) is 0 Å². The maximum absolute atomic E-state index is 13.8. The number of rotatable bonds is 7. The van der Waals surface area contributed by atoms with Gasteiger partial charge in [-0.15, -0.1) is 0 Å². The smallest absolute Gasteiger partial charge is 0.417 e. The molecule has 0 saturated carbocycles. The largest absolute Gasteiger partial charge is 0.478 e. The van der Waals surface area contributed by atoms with E-state index in [2.05, 4.69) is 0 Å². The minimum absolute atomic E-state index is 0.0861. The first kappa shape index (κ1) is 22.8. The fourth-order valence-corrected chi connectivity index (χ4v) is 3.51. The van der Waals surface area contributed by atoms with Gasteiger partial charge in [0.2, 0.25) is 0 Å². The Labute approximate surface area is 165 Å². The van der Waals surface area contributed by atoms with Gasteiger partial charge < -0.3 is 15.3 Å². The molecule has 0 aromatic heterocycles. The lowest BCUT2D eigenvalue weighted by atomic mass is 9.71. The van der Waals surface area contributed by atoms with E-state index in [9.17, 15) is 32.6 Å². The topological polar surface area (TPSA) is 77.8 Å². The molecule has 0 saturated heterocycles. The molecule has 0 spiro atoms. The fraction of sp³-hybridized carbons (Fsp3) is 0.381. The van der Waals surface area contributed by atoms with Gasteiger partial charge in [0, 0.05) is 6.42 Å². The van der Waals surface area contributed by atoms with Crippen molar-refractivity contribution in [1.29, 1.82) is 0 Å². The molecule has 1 unspecified atom stereocenters. The van der Waals surface area contributed by atoms with Crippen LogP contribution < -0.4 is 0 Å².